The maximum Gasteiger partial charge on any atom is 0.286 e. The van der Waals surface area contributed by atoms with Crippen LogP contribution in [0.2, 0.25) is 0 Å². The van der Waals surface area contributed by atoms with E-state index in [1.807, 2.05) is 37.3 Å². The minimum Gasteiger partial charge on any atom is -0.493 e. The van der Waals surface area contributed by atoms with Crippen molar-refractivity contribution in [2.24, 2.45) is 0 Å². The number of benzene rings is 2. The Morgan fingerprint density at radius 2 is 1.92 bits per heavy atom. The largest absolute Gasteiger partial charge is 0.493 e. The molecule has 1 N–H and O–H groups in total. The predicted octanol–water partition coefficient (Wildman–Crippen LogP) is 3.54. The van der Waals surface area contributed by atoms with Crippen LogP contribution in [-0.4, -0.2) is 31.1 Å². The zero-order chi connectivity index (χ0) is 19.1. The van der Waals surface area contributed by atoms with Gasteiger partial charge < -0.3 is 14.8 Å². The molecule has 0 bridgehead atoms. The molecule has 2 aromatic carbocycles. The molecule has 1 atom stereocenters. The predicted molar refractivity (Wildman–Crippen MR) is 98.0 cm³/mol. The third-order valence-corrected chi connectivity index (χ3v) is 3.96. The van der Waals surface area contributed by atoms with Crippen LogP contribution >= 0.6 is 0 Å². The molecule has 0 radical (unpaired) electrons. The fourth-order valence-corrected chi connectivity index (χ4v) is 2.55. The zero-order valence-electron chi connectivity index (χ0n) is 15.0. The molecule has 7 heteroatoms. The Labute approximate surface area is 152 Å². The molecule has 0 spiro atoms. The van der Waals surface area contributed by atoms with E-state index in [-0.39, 0.29) is 28.7 Å². The lowest BCUT2D eigenvalue weighted by Crippen LogP contribution is -2.28. The van der Waals surface area contributed by atoms with E-state index in [9.17, 15) is 14.9 Å². The molecule has 2 aromatic rings. The molecule has 0 unspecified atom stereocenters. The summed E-state index contributed by atoms with van der Waals surface area (Å²) in [5.74, 6) is 0.0549. The van der Waals surface area contributed by atoms with E-state index in [0.717, 1.165) is 5.56 Å². The van der Waals surface area contributed by atoms with E-state index >= 15 is 0 Å². The monoisotopic (exact) mass is 358 g/mol. The van der Waals surface area contributed by atoms with Crippen molar-refractivity contribution < 1.29 is 19.2 Å². The number of rotatable bonds is 8. The first-order valence-corrected chi connectivity index (χ1v) is 8.30. The molecule has 0 fully saturated rings. The van der Waals surface area contributed by atoms with E-state index in [2.05, 4.69) is 5.32 Å². The second-order valence-corrected chi connectivity index (χ2v) is 5.73. The number of carbonyl (C=O) groups excluding carboxylic acids is 1. The number of ether oxygens (including phenoxy) is 2. The molecule has 0 aliphatic heterocycles. The Morgan fingerprint density at radius 1 is 1.23 bits per heavy atom. The van der Waals surface area contributed by atoms with E-state index in [1.165, 1.54) is 19.2 Å². The number of hydrogen-bond acceptors (Lipinski definition) is 5. The average Bonchev–Trinajstić information content (AvgIpc) is 2.66. The van der Waals surface area contributed by atoms with E-state index in [0.29, 0.717) is 13.2 Å². The number of amides is 1. The Bertz CT molecular complexity index is 777. The highest BCUT2D eigenvalue weighted by Gasteiger charge is 2.25. The van der Waals surface area contributed by atoms with Crippen molar-refractivity contribution in [2.75, 3.05) is 20.3 Å². The molecular weight excluding hydrogens is 336 g/mol. The molecule has 2 rings (SSSR count). The Morgan fingerprint density at radius 3 is 2.50 bits per heavy atom. The average molecular weight is 358 g/mol. The van der Waals surface area contributed by atoms with Crippen LogP contribution in [0.5, 0.6) is 11.5 Å². The topological polar surface area (TPSA) is 90.7 Å². The third kappa shape index (κ3) is 4.50. The number of nitro benzene ring substituents is 1. The second kappa shape index (κ2) is 8.84. The maximum absolute atomic E-state index is 12.5. The Balaban J connectivity index is 2.22. The number of carbonyl (C=O) groups is 1. The van der Waals surface area contributed by atoms with Crippen LogP contribution < -0.4 is 14.8 Å². The first kappa shape index (κ1) is 19.2. The van der Waals surface area contributed by atoms with Crippen LogP contribution in [0.4, 0.5) is 5.69 Å². The highest BCUT2D eigenvalue weighted by atomic mass is 16.6. The Kier molecular flexibility index (Phi) is 6.54. The summed E-state index contributed by atoms with van der Waals surface area (Å²) in [6.45, 7) is 4.42. The highest BCUT2D eigenvalue weighted by Crippen LogP contribution is 2.34. The van der Waals surface area contributed by atoms with Crippen molar-refractivity contribution in [3.05, 3.63) is 63.7 Å². The van der Waals surface area contributed by atoms with Gasteiger partial charge in [0.15, 0.2) is 11.5 Å². The van der Waals surface area contributed by atoms with Crippen LogP contribution in [0.25, 0.3) is 0 Å². The summed E-state index contributed by atoms with van der Waals surface area (Å²) in [5.41, 5.74) is 0.696. The van der Waals surface area contributed by atoms with Crippen LogP contribution in [0, 0.1) is 10.1 Å². The summed E-state index contributed by atoms with van der Waals surface area (Å²) in [6, 6.07) is 12.3. The number of methoxy groups -OCH3 is 1. The fourth-order valence-electron chi connectivity index (χ4n) is 2.55. The van der Waals surface area contributed by atoms with Gasteiger partial charge in [0, 0.05) is 12.6 Å². The van der Waals surface area contributed by atoms with E-state index < -0.39 is 10.8 Å². The normalized spacial score (nSPS) is 11.5. The van der Waals surface area contributed by atoms with Crippen molar-refractivity contribution >= 4 is 11.6 Å². The van der Waals surface area contributed by atoms with Gasteiger partial charge in [0.05, 0.1) is 24.7 Å². The molecule has 0 heterocycles. The molecule has 1 amide bonds. The van der Waals surface area contributed by atoms with Gasteiger partial charge in [-0.3, -0.25) is 14.9 Å². The van der Waals surface area contributed by atoms with Gasteiger partial charge in [-0.1, -0.05) is 37.3 Å². The number of nitrogens with zero attached hydrogens (tertiary/aromatic N) is 1. The highest BCUT2D eigenvalue weighted by molar-refractivity contribution is 5.99. The number of nitrogens with one attached hydrogen (secondary N) is 1. The van der Waals surface area contributed by atoms with Crippen molar-refractivity contribution in [2.45, 2.75) is 19.8 Å². The van der Waals surface area contributed by atoms with Crippen LogP contribution in [0.15, 0.2) is 42.5 Å². The van der Waals surface area contributed by atoms with Gasteiger partial charge in [-0.25, -0.2) is 0 Å². The van der Waals surface area contributed by atoms with Crippen LogP contribution in [0.3, 0.4) is 0 Å². The number of hydrogen-bond donors (Lipinski definition) is 1. The molecule has 7 nitrogen and oxygen atoms in total. The van der Waals surface area contributed by atoms with Gasteiger partial charge in [-0.2, -0.15) is 0 Å². The molecule has 0 aliphatic rings. The molecule has 0 saturated heterocycles. The first-order chi connectivity index (χ1) is 12.5. The smallest absolute Gasteiger partial charge is 0.286 e. The van der Waals surface area contributed by atoms with Gasteiger partial charge >= 0.3 is 0 Å². The summed E-state index contributed by atoms with van der Waals surface area (Å²) < 4.78 is 10.5. The lowest BCUT2D eigenvalue weighted by Gasteiger charge is -2.14. The zero-order valence-corrected chi connectivity index (χ0v) is 15.0. The molecular formula is C19H22N2O5. The Hall–Kier alpha value is -3.09. The maximum atomic E-state index is 12.5. The van der Waals surface area contributed by atoms with Crippen LogP contribution in [-0.2, 0) is 0 Å². The fraction of sp³-hybridized carbons (Fsp3) is 0.316. The van der Waals surface area contributed by atoms with E-state index in [1.54, 1.807) is 6.92 Å². The minimum atomic E-state index is -0.600. The SMILES string of the molecule is CCOc1cc([N+](=O)[O-])c(C(=O)NC[C@H](C)c2ccccc2)cc1OC. The van der Waals surface area contributed by atoms with Gasteiger partial charge in [-0.15, -0.1) is 0 Å². The summed E-state index contributed by atoms with van der Waals surface area (Å²) in [6.07, 6.45) is 0. The van der Waals surface area contributed by atoms with Gasteiger partial charge in [0.1, 0.15) is 5.56 Å². The summed E-state index contributed by atoms with van der Waals surface area (Å²) >= 11 is 0. The van der Waals surface area contributed by atoms with Gasteiger partial charge in [0.25, 0.3) is 11.6 Å². The first-order valence-electron chi connectivity index (χ1n) is 8.30. The molecule has 26 heavy (non-hydrogen) atoms. The quantitative estimate of drug-likeness (QED) is 0.576. The van der Waals surface area contributed by atoms with Crippen molar-refractivity contribution in [3.63, 3.8) is 0 Å². The third-order valence-electron chi connectivity index (χ3n) is 3.96. The van der Waals surface area contributed by atoms with Crippen LogP contribution in [0.1, 0.15) is 35.7 Å². The molecule has 0 saturated carbocycles. The molecule has 0 aromatic heterocycles. The van der Waals surface area contributed by atoms with Gasteiger partial charge in [0.2, 0.25) is 0 Å². The summed E-state index contributed by atoms with van der Waals surface area (Å²) in [5, 5.41) is 14.1. The van der Waals surface area contributed by atoms with E-state index in [4.69, 9.17) is 9.47 Å². The molecule has 0 aliphatic carbocycles. The summed E-state index contributed by atoms with van der Waals surface area (Å²) in [7, 11) is 1.42. The second-order valence-electron chi connectivity index (χ2n) is 5.73. The lowest BCUT2D eigenvalue weighted by molar-refractivity contribution is -0.385. The lowest BCUT2D eigenvalue weighted by atomic mass is 10.0. The molecule has 138 valence electrons. The van der Waals surface area contributed by atoms with Crippen molar-refractivity contribution in [3.8, 4) is 11.5 Å². The van der Waals surface area contributed by atoms with Gasteiger partial charge in [-0.05, 0) is 18.4 Å². The van der Waals surface area contributed by atoms with Crippen molar-refractivity contribution in [1.82, 2.24) is 5.32 Å². The van der Waals surface area contributed by atoms with Crippen molar-refractivity contribution in [1.29, 1.82) is 0 Å². The minimum absolute atomic E-state index is 0.0597. The number of nitro groups is 1. The summed E-state index contributed by atoms with van der Waals surface area (Å²) in [4.78, 5) is 23.3. The standard InChI is InChI=1S/C19H22N2O5/c1-4-26-18-11-16(21(23)24)15(10-17(18)25-3)19(22)20-12-13(2)14-8-6-5-7-9-14/h5-11,13H,4,12H2,1-3H3,(H,20,22)/t13-/m0/s1.